The third kappa shape index (κ3) is 4.29. The van der Waals surface area contributed by atoms with E-state index in [1.165, 1.54) is 0 Å². The van der Waals surface area contributed by atoms with Gasteiger partial charge in [0.15, 0.2) is 0 Å². The summed E-state index contributed by atoms with van der Waals surface area (Å²) in [7, 11) is 0. The maximum Gasteiger partial charge on any atom is 0.320 e. The van der Waals surface area contributed by atoms with Crippen LogP contribution in [0.3, 0.4) is 0 Å². The molecule has 0 aliphatic carbocycles. The number of aliphatic carboxylic acids is 1. The molecule has 0 aliphatic rings. The first-order valence-electron chi connectivity index (χ1n) is 4.82. The second-order valence-corrected chi connectivity index (χ2v) is 1.71. The maximum absolute atomic E-state index is 10.3. The first-order chi connectivity index (χ1) is 6.14. The topological polar surface area (TPSA) is 89.3 Å². The number of carboxylic acids is 1. The lowest BCUT2D eigenvalue weighted by Crippen LogP contribution is -2.29. The van der Waals surface area contributed by atoms with Gasteiger partial charge in [0.05, 0.1) is 0 Å². The molecule has 0 saturated carbocycles. The van der Waals surface area contributed by atoms with Gasteiger partial charge in [-0.15, -0.1) is 0 Å². The lowest BCUT2D eigenvalue weighted by molar-refractivity contribution is -0.138. The molecule has 0 aromatic carbocycles. The van der Waals surface area contributed by atoms with Gasteiger partial charge < -0.3 is 16.6 Å². The second kappa shape index (κ2) is 5.20. The number of hydrogen-bond acceptors (Lipinski definition) is 3. The van der Waals surface area contributed by atoms with Gasteiger partial charge in [0.1, 0.15) is 6.04 Å². The Morgan fingerprint density at radius 2 is 2.30 bits per heavy atom. The molecule has 4 heteroatoms. The van der Waals surface area contributed by atoms with Crippen LogP contribution >= 0.6 is 0 Å². The van der Waals surface area contributed by atoms with Crippen molar-refractivity contribution >= 4 is 5.97 Å². The summed E-state index contributed by atoms with van der Waals surface area (Å²) in [5.41, 5.74) is 10.1. The van der Waals surface area contributed by atoms with Crippen LogP contribution in [0.1, 0.15) is 24.6 Å². The second-order valence-electron chi connectivity index (χ2n) is 1.71. The van der Waals surface area contributed by atoms with E-state index in [0.717, 1.165) is 0 Å². The summed E-state index contributed by atoms with van der Waals surface area (Å²) in [5.74, 6) is -1.36. The Morgan fingerprint density at radius 3 is 2.70 bits per heavy atom. The predicted molar refractivity (Wildman–Crippen MR) is 38.5 cm³/mol. The average molecular weight is 150 g/mol. The summed E-state index contributed by atoms with van der Waals surface area (Å²) in [6, 6.07) is -1.42. The van der Waals surface area contributed by atoms with Gasteiger partial charge in [-0.1, -0.05) is 6.37 Å². The summed E-state index contributed by atoms with van der Waals surface area (Å²) in [6.45, 7) is -0.521. The van der Waals surface area contributed by atoms with Crippen LogP contribution in [0.5, 0.6) is 0 Å². The quantitative estimate of drug-likeness (QED) is 0.494. The number of carboxylic acid groups (broad SMARTS) is 1. The van der Waals surface area contributed by atoms with Crippen molar-refractivity contribution in [3.05, 3.63) is 0 Å². The van der Waals surface area contributed by atoms with E-state index in [0.29, 0.717) is 0 Å². The van der Waals surface area contributed by atoms with Gasteiger partial charge in [-0.3, -0.25) is 4.79 Å². The molecule has 0 unspecified atom stereocenters. The van der Waals surface area contributed by atoms with Crippen molar-refractivity contribution in [2.75, 3.05) is 6.54 Å². The Hall–Kier alpha value is -0.610. The van der Waals surface area contributed by atoms with Crippen LogP contribution in [0.4, 0.5) is 0 Å². The van der Waals surface area contributed by atoms with Crippen molar-refractivity contribution in [2.24, 2.45) is 11.5 Å². The summed E-state index contributed by atoms with van der Waals surface area (Å²) >= 11 is 0. The highest BCUT2D eigenvalue weighted by molar-refractivity contribution is 5.72. The monoisotopic (exact) mass is 150 g/mol. The molecule has 0 fully saturated rings. The number of carbonyl (C=O) groups is 1. The Morgan fingerprint density at radius 1 is 1.70 bits per heavy atom. The van der Waals surface area contributed by atoms with E-state index < -0.39 is 37.7 Å². The highest BCUT2D eigenvalue weighted by Gasteiger charge is 2.09. The van der Waals surface area contributed by atoms with Gasteiger partial charge in [-0.25, -0.2) is 0 Å². The van der Waals surface area contributed by atoms with E-state index in [1.807, 2.05) is 0 Å². The molecule has 0 heterocycles. The fourth-order valence-corrected chi connectivity index (χ4v) is 0.342. The lowest BCUT2D eigenvalue weighted by atomic mass is 10.1. The Balaban J connectivity index is 4.56. The first kappa shape index (κ1) is 4.31. The summed E-state index contributed by atoms with van der Waals surface area (Å²) < 4.78 is 29.1. The van der Waals surface area contributed by atoms with E-state index in [-0.39, 0.29) is 0 Å². The standard InChI is InChI=1S/C6H14N2O2/c7-4-2-1-3-5(8)6(9)10/h5H,1-4,7-8H2,(H,9,10)/t5-/m0/s1/i1D2,2D2. The summed E-state index contributed by atoms with van der Waals surface area (Å²) in [4.78, 5) is 10.3. The Kier molecular flexibility index (Phi) is 2.24. The molecule has 0 aromatic rings. The van der Waals surface area contributed by atoms with Gasteiger partial charge in [-0.2, -0.15) is 0 Å². The largest absolute Gasteiger partial charge is 0.480 e. The summed E-state index contributed by atoms with van der Waals surface area (Å²) in [5, 5.41) is 8.44. The minimum Gasteiger partial charge on any atom is -0.480 e. The zero-order valence-electron chi connectivity index (χ0n) is 9.50. The molecule has 4 nitrogen and oxygen atoms in total. The molecule has 0 aromatic heterocycles. The summed E-state index contributed by atoms with van der Waals surface area (Å²) in [6.07, 6.45) is -5.23. The normalized spacial score (nSPS) is 21.8. The molecule has 60 valence electrons. The van der Waals surface area contributed by atoms with Crippen LogP contribution in [0.2, 0.25) is 0 Å². The number of hydrogen-bond donors (Lipinski definition) is 3. The average Bonchev–Trinajstić information content (AvgIpc) is 2.03. The van der Waals surface area contributed by atoms with Crippen molar-refractivity contribution in [1.29, 1.82) is 0 Å². The van der Waals surface area contributed by atoms with Crippen molar-refractivity contribution in [3.8, 4) is 0 Å². The molecule has 5 N–H and O–H groups in total. The Bertz CT molecular complexity index is 222. The zero-order chi connectivity index (χ0) is 11.6. The van der Waals surface area contributed by atoms with E-state index in [2.05, 4.69) is 0 Å². The fourth-order valence-electron chi connectivity index (χ4n) is 0.342. The Labute approximate surface area is 65.8 Å². The molecule has 0 rings (SSSR count). The van der Waals surface area contributed by atoms with Gasteiger partial charge in [0, 0.05) is 5.48 Å². The van der Waals surface area contributed by atoms with Crippen molar-refractivity contribution in [2.45, 2.75) is 25.2 Å². The van der Waals surface area contributed by atoms with E-state index in [4.69, 9.17) is 22.1 Å². The molecule has 0 bridgehead atoms. The maximum atomic E-state index is 10.3. The van der Waals surface area contributed by atoms with Gasteiger partial charge in [0.25, 0.3) is 0 Å². The van der Waals surface area contributed by atoms with E-state index >= 15 is 0 Å². The molecule has 1 atom stereocenters. The lowest BCUT2D eigenvalue weighted by Gasteiger charge is -2.03. The molecule has 0 radical (unpaired) electrons. The molecular weight excluding hydrogens is 132 g/mol. The van der Waals surface area contributed by atoms with E-state index in [1.54, 1.807) is 0 Å². The highest BCUT2D eigenvalue weighted by atomic mass is 16.4. The molecule has 10 heavy (non-hydrogen) atoms. The van der Waals surface area contributed by atoms with Gasteiger partial charge in [0.2, 0.25) is 0 Å². The smallest absolute Gasteiger partial charge is 0.320 e. The molecule has 0 saturated heterocycles. The number of nitrogens with two attached hydrogens (primary N) is 2. The molecule has 0 spiro atoms. The van der Waals surface area contributed by atoms with Crippen LogP contribution < -0.4 is 11.5 Å². The minimum absolute atomic E-state index is 0.521. The van der Waals surface area contributed by atoms with Crippen LogP contribution in [0.25, 0.3) is 0 Å². The first-order valence-corrected chi connectivity index (χ1v) is 2.82. The van der Waals surface area contributed by atoms with Gasteiger partial charge in [-0.05, 0) is 19.3 Å². The van der Waals surface area contributed by atoms with Crippen molar-refractivity contribution in [3.63, 3.8) is 0 Å². The predicted octanol–water partition coefficient (Wildman–Crippen LogP) is -0.473. The minimum atomic E-state index is -2.35. The fraction of sp³-hybridized carbons (Fsp3) is 0.833. The zero-order valence-corrected chi connectivity index (χ0v) is 5.50. The van der Waals surface area contributed by atoms with Crippen LogP contribution in [-0.2, 0) is 4.79 Å². The SMILES string of the molecule is [2H]C([2H])(CN)C([2H])([2H])C[C@H](N)C(=O)O. The van der Waals surface area contributed by atoms with Crippen LogP contribution in [-0.4, -0.2) is 23.7 Å². The third-order valence-electron chi connectivity index (χ3n) is 0.866. The van der Waals surface area contributed by atoms with Crippen molar-refractivity contribution < 1.29 is 15.4 Å². The van der Waals surface area contributed by atoms with E-state index in [9.17, 15) is 4.79 Å². The van der Waals surface area contributed by atoms with Crippen LogP contribution in [0, 0.1) is 0 Å². The highest BCUT2D eigenvalue weighted by Crippen LogP contribution is 1.96. The molecular formula is C6H14N2O2. The molecule has 0 aliphatic heterocycles. The molecule has 0 amide bonds. The van der Waals surface area contributed by atoms with Crippen LogP contribution in [0.15, 0.2) is 0 Å². The van der Waals surface area contributed by atoms with Gasteiger partial charge >= 0.3 is 5.97 Å². The number of rotatable bonds is 5. The third-order valence-corrected chi connectivity index (χ3v) is 0.866. The van der Waals surface area contributed by atoms with Crippen molar-refractivity contribution in [1.82, 2.24) is 0 Å².